The van der Waals surface area contributed by atoms with Crippen LogP contribution in [0.3, 0.4) is 0 Å². The van der Waals surface area contributed by atoms with Crippen LogP contribution in [0.15, 0.2) is 0 Å². The van der Waals surface area contributed by atoms with Crippen molar-refractivity contribution < 1.29 is 9.47 Å². The summed E-state index contributed by atoms with van der Waals surface area (Å²) in [6.07, 6.45) is 2.62. The van der Waals surface area contributed by atoms with Crippen molar-refractivity contribution in [3.8, 4) is 0 Å². The van der Waals surface area contributed by atoms with Gasteiger partial charge in [0.05, 0.1) is 23.9 Å². The lowest BCUT2D eigenvalue weighted by Crippen LogP contribution is -2.41. The van der Waals surface area contributed by atoms with Gasteiger partial charge in [-0.05, 0) is 34.1 Å². The van der Waals surface area contributed by atoms with E-state index in [2.05, 4.69) is 27.7 Å². The van der Waals surface area contributed by atoms with Gasteiger partial charge in [-0.2, -0.15) is 0 Å². The van der Waals surface area contributed by atoms with E-state index in [4.69, 9.17) is 9.47 Å². The molecule has 2 aliphatic rings. The van der Waals surface area contributed by atoms with Crippen molar-refractivity contribution in [3.05, 3.63) is 0 Å². The molecule has 2 saturated heterocycles. The van der Waals surface area contributed by atoms with Gasteiger partial charge in [-0.15, -0.1) is 0 Å². The topological polar surface area (TPSA) is 18.5 Å². The maximum atomic E-state index is 6.01. The Morgan fingerprint density at radius 2 is 1.69 bits per heavy atom. The first kappa shape index (κ1) is 9.47. The highest BCUT2D eigenvalue weighted by Gasteiger charge is 2.46. The molecule has 0 saturated carbocycles. The first-order chi connectivity index (χ1) is 5.88. The molecule has 76 valence electrons. The lowest BCUT2D eigenvalue weighted by atomic mass is 9.86. The number of hydrogen-bond acceptors (Lipinski definition) is 2. The second-order valence-electron chi connectivity index (χ2n) is 5.66. The van der Waals surface area contributed by atoms with Crippen LogP contribution in [0.5, 0.6) is 0 Å². The van der Waals surface area contributed by atoms with Gasteiger partial charge < -0.3 is 9.47 Å². The van der Waals surface area contributed by atoms with Crippen LogP contribution in [0.1, 0.15) is 40.5 Å². The van der Waals surface area contributed by atoms with Gasteiger partial charge in [0, 0.05) is 12.3 Å². The van der Waals surface area contributed by atoms with E-state index in [1.807, 2.05) is 0 Å². The zero-order chi connectivity index (χ0) is 9.69. The SMILES string of the molecule is CC1(C)C[C@H]2OC(C)(C)C[C@H]2CO1. The zero-order valence-corrected chi connectivity index (χ0v) is 9.09. The average molecular weight is 184 g/mol. The smallest absolute Gasteiger partial charge is 0.0660 e. The van der Waals surface area contributed by atoms with Gasteiger partial charge in [0.15, 0.2) is 0 Å². The third kappa shape index (κ3) is 1.89. The van der Waals surface area contributed by atoms with Crippen molar-refractivity contribution in [2.45, 2.75) is 57.8 Å². The Morgan fingerprint density at radius 1 is 1.00 bits per heavy atom. The summed E-state index contributed by atoms with van der Waals surface area (Å²) in [5.74, 6) is 0.628. The molecule has 0 amide bonds. The Kier molecular flexibility index (Phi) is 1.97. The molecule has 2 nitrogen and oxygen atoms in total. The second-order valence-corrected chi connectivity index (χ2v) is 5.66. The highest BCUT2D eigenvalue weighted by molar-refractivity contribution is 4.94. The molecule has 0 aromatic heterocycles. The molecule has 0 unspecified atom stereocenters. The molecule has 2 heteroatoms. The Labute approximate surface area is 80.6 Å². The molecule has 2 fully saturated rings. The Balaban J connectivity index is 2.06. The molecule has 2 rings (SSSR count). The quantitative estimate of drug-likeness (QED) is 0.575. The van der Waals surface area contributed by atoms with Crippen LogP contribution >= 0.6 is 0 Å². The Bertz CT molecular complexity index is 206. The summed E-state index contributed by atoms with van der Waals surface area (Å²) >= 11 is 0. The van der Waals surface area contributed by atoms with Crippen LogP contribution in [0.4, 0.5) is 0 Å². The monoisotopic (exact) mass is 184 g/mol. The van der Waals surface area contributed by atoms with Gasteiger partial charge in [0.2, 0.25) is 0 Å². The summed E-state index contributed by atoms with van der Waals surface area (Å²) in [5.41, 5.74) is 0.0840. The number of hydrogen-bond donors (Lipinski definition) is 0. The van der Waals surface area contributed by atoms with Crippen LogP contribution in [-0.2, 0) is 9.47 Å². The van der Waals surface area contributed by atoms with Crippen molar-refractivity contribution in [3.63, 3.8) is 0 Å². The summed E-state index contributed by atoms with van der Waals surface area (Å²) in [6.45, 7) is 9.54. The first-order valence-electron chi connectivity index (χ1n) is 5.20. The van der Waals surface area contributed by atoms with Crippen molar-refractivity contribution >= 4 is 0 Å². The first-order valence-corrected chi connectivity index (χ1v) is 5.20. The molecule has 0 aliphatic carbocycles. The van der Waals surface area contributed by atoms with Gasteiger partial charge in [0.1, 0.15) is 0 Å². The summed E-state index contributed by atoms with van der Waals surface area (Å²) in [4.78, 5) is 0. The molecule has 0 N–H and O–H groups in total. The zero-order valence-electron chi connectivity index (χ0n) is 9.09. The second kappa shape index (κ2) is 2.71. The van der Waals surface area contributed by atoms with Crippen LogP contribution in [-0.4, -0.2) is 23.9 Å². The molecule has 2 atom stereocenters. The molecule has 0 radical (unpaired) electrons. The molecular weight excluding hydrogens is 164 g/mol. The van der Waals surface area contributed by atoms with Crippen LogP contribution in [0.2, 0.25) is 0 Å². The number of ether oxygens (including phenoxy) is 2. The lowest BCUT2D eigenvalue weighted by molar-refractivity contribution is -0.131. The fourth-order valence-electron chi connectivity index (χ4n) is 2.57. The normalized spacial score (nSPS) is 41.5. The molecule has 2 aliphatic heterocycles. The fraction of sp³-hybridized carbons (Fsp3) is 1.00. The highest BCUT2D eigenvalue weighted by atomic mass is 16.5. The number of rotatable bonds is 0. The molecule has 0 aromatic rings. The maximum Gasteiger partial charge on any atom is 0.0660 e. The van der Waals surface area contributed by atoms with E-state index in [-0.39, 0.29) is 11.2 Å². The van der Waals surface area contributed by atoms with Crippen LogP contribution in [0.25, 0.3) is 0 Å². The van der Waals surface area contributed by atoms with E-state index in [0.717, 1.165) is 19.4 Å². The molecule has 13 heavy (non-hydrogen) atoms. The van der Waals surface area contributed by atoms with E-state index in [1.54, 1.807) is 0 Å². The molecule has 0 aromatic carbocycles. The van der Waals surface area contributed by atoms with Crippen molar-refractivity contribution in [1.29, 1.82) is 0 Å². The molecule has 0 bridgehead atoms. The predicted octanol–water partition coefficient (Wildman–Crippen LogP) is 2.37. The average Bonchev–Trinajstić information content (AvgIpc) is 2.20. The van der Waals surface area contributed by atoms with Crippen molar-refractivity contribution in [2.75, 3.05) is 6.61 Å². The summed E-state index contributed by atoms with van der Waals surface area (Å²) < 4.78 is 11.8. The summed E-state index contributed by atoms with van der Waals surface area (Å²) in [7, 11) is 0. The highest BCUT2D eigenvalue weighted by Crippen LogP contribution is 2.42. The van der Waals surface area contributed by atoms with Gasteiger partial charge in [-0.1, -0.05) is 0 Å². The minimum Gasteiger partial charge on any atom is -0.375 e. The third-order valence-corrected chi connectivity index (χ3v) is 3.13. The fourth-order valence-corrected chi connectivity index (χ4v) is 2.57. The summed E-state index contributed by atoms with van der Waals surface area (Å²) in [5, 5.41) is 0. The lowest BCUT2D eigenvalue weighted by Gasteiger charge is -2.36. The molecular formula is C11H20O2. The van der Waals surface area contributed by atoms with E-state index >= 15 is 0 Å². The Morgan fingerprint density at radius 3 is 2.38 bits per heavy atom. The van der Waals surface area contributed by atoms with E-state index in [0.29, 0.717) is 12.0 Å². The minimum atomic E-state index is 0.0155. The summed E-state index contributed by atoms with van der Waals surface area (Å²) in [6, 6.07) is 0. The Hall–Kier alpha value is -0.0800. The van der Waals surface area contributed by atoms with Crippen molar-refractivity contribution in [2.24, 2.45) is 5.92 Å². The van der Waals surface area contributed by atoms with Gasteiger partial charge >= 0.3 is 0 Å². The predicted molar refractivity (Wildman–Crippen MR) is 51.7 cm³/mol. The maximum absolute atomic E-state index is 6.01. The van der Waals surface area contributed by atoms with E-state index in [9.17, 15) is 0 Å². The van der Waals surface area contributed by atoms with Crippen molar-refractivity contribution in [1.82, 2.24) is 0 Å². The van der Waals surface area contributed by atoms with Gasteiger partial charge in [-0.25, -0.2) is 0 Å². The van der Waals surface area contributed by atoms with Gasteiger partial charge in [0.25, 0.3) is 0 Å². The standard InChI is InChI=1S/C11H20O2/c1-10(2)6-9-8(7-12-10)5-11(3,4)13-9/h8-9H,5-7H2,1-4H3/t8-,9+/m0/s1. The number of fused-ring (bicyclic) bond motifs is 1. The largest absolute Gasteiger partial charge is 0.375 e. The molecule has 0 spiro atoms. The van der Waals surface area contributed by atoms with E-state index in [1.165, 1.54) is 0 Å². The van der Waals surface area contributed by atoms with Crippen LogP contribution in [0, 0.1) is 5.92 Å². The van der Waals surface area contributed by atoms with Gasteiger partial charge in [-0.3, -0.25) is 0 Å². The minimum absolute atomic E-state index is 0.0155. The van der Waals surface area contributed by atoms with Crippen LogP contribution < -0.4 is 0 Å². The third-order valence-electron chi connectivity index (χ3n) is 3.13. The van der Waals surface area contributed by atoms with E-state index < -0.39 is 0 Å². The molecule has 2 heterocycles.